The van der Waals surface area contributed by atoms with Gasteiger partial charge in [-0.05, 0) is 32.0 Å². The number of hydrogen-bond donors (Lipinski definition) is 1. The summed E-state index contributed by atoms with van der Waals surface area (Å²) in [6.45, 7) is 1.34. The number of amides is 1. The van der Waals surface area contributed by atoms with E-state index < -0.39 is 31.2 Å². The molecule has 0 radical (unpaired) electrons. The Morgan fingerprint density at radius 2 is 1.93 bits per heavy atom. The van der Waals surface area contributed by atoms with Crippen molar-refractivity contribution in [3.63, 3.8) is 0 Å². The van der Waals surface area contributed by atoms with Crippen LogP contribution < -0.4 is 14.8 Å². The van der Waals surface area contributed by atoms with Crippen molar-refractivity contribution in [3.8, 4) is 11.5 Å². The van der Waals surface area contributed by atoms with Crippen molar-refractivity contribution in [1.82, 2.24) is 10.5 Å². The van der Waals surface area contributed by atoms with Gasteiger partial charge >= 0.3 is 12.1 Å². The monoisotopic (exact) mass is 416 g/mol. The fraction of sp³-hybridized carbons (Fsp3) is 0.389. The summed E-state index contributed by atoms with van der Waals surface area (Å²) in [5.74, 6) is -0.782. The second kappa shape index (κ2) is 9.30. The Morgan fingerprint density at radius 1 is 1.21 bits per heavy atom. The van der Waals surface area contributed by atoms with E-state index in [1.165, 1.54) is 25.3 Å². The SMILES string of the molecule is COc1cc(C(=O)OCC(=O)NCC(F)(F)F)ccc1OCc1c(C)noc1C. The second-order valence-electron chi connectivity index (χ2n) is 5.93. The van der Waals surface area contributed by atoms with E-state index in [9.17, 15) is 22.8 Å². The van der Waals surface area contributed by atoms with E-state index >= 15 is 0 Å². The lowest BCUT2D eigenvalue weighted by Crippen LogP contribution is -2.36. The first-order valence-corrected chi connectivity index (χ1v) is 8.34. The number of benzene rings is 1. The molecule has 1 N–H and O–H groups in total. The van der Waals surface area contributed by atoms with Crippen LogP contribution in [-0.4, -0.2) is 43.5 Å². The summed E-state index contributed by atoms with van der Waals surface area (Å²) >= 11 is 0. The maximum atomic E-state index is 12.0. The number of hydrogen-bond acceptors (Lipinski definition) is 7. The molecule has 0 aliphatic rings. The molecule has 0 aliphatic carbocycles. The largest absolute Gasteiger partial charge is 0.493 e. The minimum Gasteiger partial charge on any atom is -0.493 e. The molecule has 0 saturated carbocycles. The molecule has 1 amide bonds. The average molecular weight is 416 g/mol. The maximum Gasteiger partial charge on any atom is 0.405 e. The summed E-state index contributed by atoms with van der Waals surface area (Å²) in [4.78, 5) is 23.3. The number of nitrogens with zero attached hydrogens (tertiary/aromatic N) is 1. The van der Waals surface area contributed by atoms with E-state index in [1.54, 1.807) is 19.2 Å². The fourth-order valence-corrected chi connectivity index (χ4v) is 2.24. The van der Waals surface area contributed by atoms with Crippen molar-refractivity contribution in [2.45, 2.75) is 26.6 Å². The average Bonchev–Trinajstić information content (AvgIpc) is 2.99. The Balaban J connectivity index is 1.96. The van der Waals surface area contributed by atoms with Crippen LogP contribution >= 0.6 is 0 Å². The molecule has 0 saturated heterocycles. The predicted octanol–water partition coefficient (Wildman–Crippen LogP) is 2.71. The molecular formula is C18H19F3N2O6. The molecule has 2 aromatic rings. The number of methoxy groups -OCH3 is 1. The van der Waals surface area contributed by atoms with Crippen molar-refractivity contribution in [2.75, 3.05) is 20.3 Å². The molecule has 0 atom stereocenters. The number of carbonyl (C=O) groups is 2. The van der Waals surface area contributed by atoms with Crippen molar-refractivity contribution in [3.05, 3.63) is 40.8 Å². The highest BCUT2D eigenvalue weighted by atomic mass is 19.4. The number of esters is 1. The van der Waals surface area contributed by atoms with Crippen molar-refractivity contribution < 1.29 is 41.5 Å². The van der Waals surface area contributed by atoms with Crippen LogP contribution in [0.4, 0.5) is 13.2 Å². The zero-order chi connectivity index (χ0) is 21.6. The van der Waals surface area contributed by atoms with E-state index in [2.05, 4.69) is 5.16 Å². The Morgan fingerprint density at radius 3 is 2.52 bits per heavy atom. The molecule has 11 heteroatoms. The Hall–Kier alpha value is -3.24. The van der Waals surface area contributed by atoms with Crippen molar-refractivity contribution in [2.24, 2.45) is 0 Å². The topological polar surface area (TPSA) is 99.9 Å². The molecule has 2 rings (SSSR count). The zero-order valence-electron chi connectivity index (χ0n) is 15.9. The quantitative estimate of drug-likeness (QED) is 0.661. The molecule has 0 fully saturated rings. The lowest BCUT2D eigenvalue weighted by Gasteiger charge is -2.12. The van der Waals surface area contributed by atoms with Crippen LogP contribution in [0, 0.1) is 13.8 Å². The van der Waals surface area contributed by atoms with Gasteiger partial charge in [-0.3, -0.25) is 4.79 Å². The van der Waals surface area contributed by atoms with Gasteiger partial charge in [0.15, 0.2) is 18.1 Å². The summed E-state index contributed by atoms with van der Waals surface area (Å²) in [6.07, 6.45) is -4.55. The fourth-order valence-electron chi connectivity index (χ4n) is 2.24. The molecule has 0 spiro atoms. The normalized spacial score (nSPS) is 11.1. The van der Waals surface area contributed by atoms with Gasteiger partial charge in [0, 0.05) is 0 Å². The second-order valence-corrected chi connectivity index (χ2v) is 5.93. The molecule has 1 aromatic heterocycles. The summed E-state index contributed by atoms with van der Waals surface area (Å²) in [5.41, 5.74) is 1.50. The van der Waals surface area contributed by atoms with E-state index in [4.69, 9.17) is 18.7 Å². The van der Waals surface area contributed by atoms with Gasteiger partial charge < -0.3 is 24.1 Å². The van der Waals surface area contributed by atoms with Crippen molar-refractivity contribution in [1.29, 1.82) is 0 Å². The van der Waals surface area contributed by atoms with E-state index in [1.807, 2.05) is 0 Å². The van der Waals surface area contributed by atoms with Crippen LogP contribution in [0.15, 0.2) is 22.7 Å². The number of alkyl halides is 3. The smallest absolute Gasteiger partial charge is 0.405 e. The lowest BCUT2D eigenvalue weighted by molar-refractivity contribution is -0.140. The van der Waals surface area contributed by atoms with Gasteiger partial charge in [-0.1, -0.05) is 5.16 Å². The molecular weight excluding hydrogens is 397 g/mol. The third-order valence-corrected chi connectivity index (χ3v) is 3.77. The van der Waals surface area contributed by atoms with Gasteiger partial charge in [-0.25, -0.2) is 4.79 Å². The third kappa shape index (κ3) is 6.40. The predicted molar refractivity (Wildman–Crippen MR) is 92.7 cm³/mol. The molecule has 0 aliphatic heterocycles. The van der Waals surface area contributed by atoms with Gasteiger partial charge in [0.1, 0.15) is 18.9 Å². The summed E-state index contributed by atoms with van der Waals surface area (Å²) < 4.78 is 56.8. The number of halogens is 3. The molecule has 29 heavy (non-hydrogen) atoms. The van der Waals surface area contributed by atoms with Crippen LogP contribution in [0.3, 0.4) is 0 Å². The molecule has 0 bridgehead atoms. The first-order chi connectivity index (χ1) is 13.6. The number of carbonyl (C=O) groups excluding carboxylic acids is 2. The standard InChI is InChI=1S/C18H19F3N2O6/c1-10-13(11(2)29-23-10)7-27-14-5-4-12(6-15(14)26-3)17(25)28-8-16(24)22-9-18(19,20)21/h4-6H,7-9H2,1-3H3,(H,22,24). The minimum absolute atomic E-state index is 0.0372. The van der Waals surface area contributed by atoms with Gasteiger partial charge in [-0.2, -0.15) is 13.2 Å². The van der Waals surface area contributed by atoms with Crippen LogP contribution in [-0.2, 0) is 16.1 Å². The Labute approximate surface area is 163 Å². The Bertz CT molecular complexity index is 859. The molecule has 158 valence electrons. The van der Waals surface area contributed by atoms with Crippen LogP contribution in [0.25, 0.3) is 0 Å². The lowest BCUT2D eigenvalue weighted by atomic mass is 10.2. The number of ether oxygens (including phenoxy) is 3. The first kappa shape index (κ1) is 22.1. The van der Waals surface area contributed by atoms with Crippen LogP contribution in [0.2, 0.25) is 0 Å². The highest BCUT2D eigenvalue weighted by Crippen LogP contribution is 2.29. The summed E-state index contributed by atoms with van der Waals surface area (Å²) in [7, 11) is 1.37. The summed E-state index contributed by atoms with van der Waals surface area (Å²) in [5, 5.41) is 5.43. The highest BCUT2D eigenvalue weighted by Gasteiger charge is 2.27. The van der Waals surface area contributed by atoms with Gasteiger partial charge in [0.2, 0.25) is 0 Å². The zero-order valence-corrected chi connectivity index (χ0v) is 15.9. The molecule has 0 unspecified atom stereocenters. The number of nitrogens with one attached hydrogen (secondary N) is 1. The van der Waals surface area contributed by atoms with Crippen molar-refractivity contribution >= 4 is 11.9 Å². The van der Waals surface area contributed by atoms with Gasteiger partial charge in [0.05, 0.1) is 23.9 Å². The third-order valence-electron chi connectivity index (χ3n) is 3.77. The minimum atomic E-state index is -4.55. The van der Waals surface area contributed by atoms with Crippen LogP contribution in [0.1, 0.15) is 27.4 Å². The highest BCUT2D eigenvalue weighted by molar-refractivity contribution is 5.92. The summed E-state index contributed by atoms with van der Waals surface area (Å²) in [6, 6.07) is 4.18. The Kier molecular flexibility index (Phi) is 7.08. The molecule has 1 heterocycles. The maximum absolute atomic E-state index is 12.0. The number of aryl methyl sites for hydroxylation is 2. The first-order valence-electron chi connectivity index (χ1n) is 8.34. The van der Waals surface area contributed by atoms with E-state index in [0.29, 0.717) is 17.2 Å². The van der Waals surface area contributed by atoms with E-state index in [-0.39, 0.29) is 17.9 Å². The van der Waals surface area contributed by atoms with Crippen LogP contribution in [0.5, 0.6) is 11.5 Å². The number of aromatic nitrogens is 1. The molecule has 1 aromatic carbocycles. The van der Waals surface area contributed by atoms with E-state index in [0.717, 1.165) is 5.56 Å². The molecule has 8 nitrogen and oxygen atoms in total. The van der Waals surface area contributed by atoms with Gasteiger partial charge in [-0.15, -0.1) is 0 Å². The van der Waals surface area contributed by atoms with Gasteiger partial charge in [0.25, 0.3) is 5.91 Å². The number of rotatable bonds is 8.